The molecule has 112 valence electrons. The van der Waals surface area contributed by atoms with Crippen LogP contribution in [0.3, 0.4) is 0 Å². The van der Waals surface area contributed by atoms with Crippen LogP contribution in [0.5, 0.6) is 0 Å². The maximum Gasteiger partial charge on any atom is 0.234 e. The Bertz CT molecular complexity index is 458. The first kappa shape index (κ1) is 15.0. The van der Waals surface area contributed by atoms with Gasteiger partial charge in [0.1, 0.15) is 0 Å². The van der Waals surface area contributed by atoms with Gasteiger partial charge in [-0.2, -0.15) is 5.10 Å². The molecule has 1 fully saturated rings. The van der Waals surface area contributed by atoms with Crippen molar-refractivity contribution in [2.45, 2.75) is 50.7 Å². The second-order valence-corrected chi connectivity index (χ2v) is 5.62. The smallest absolute Gasteiger partial charge is 0.234 e. The van der Waals surface area contributed by atoms with Crippen LogP contribution in [-0.2, 0) is 11.8 Å². The number of amides is 1. The molecule has 0 spiro atoms. The number of nitrogens with zero attached hydrogens (tertiary/aromatic N) is 3. The van der Waals surface area contributed by atoms with Gasteiger partial charge >= 0.3 is 0 Å². The van der Waals surface area contributed by atoms with Gasteiger partial charge in [-0.15, -0.1) is 0 Å². The van der Waals surface area contributed by atoms with Gasteiger partial charge < -0.3 is 11.5 Å². The van der Waals surface area contributed by atoms with E-state index in [0.717, 1.165) is 37.8 Å². The summed E-state index contributed by atoms with van der Waals surface area (Å²) in [6.07, 6.45) is 7.62. The van der Waals surface area contributed by atoms with E-state index < -0.39 is 0 Å². The zero-order valence-electron chi connectivity index (χ0n) is 12.3. The molecule has 2 heterocycles. The summed E-state index contributed by atoms with van der Waals surface area (Å²) in [6, 6.07) is -0.239. The lowest BCUT2D eigenvalue weighted by Crippen LogP contribution is -2.53. The molecule has 0 bridgehead atoms. The van der Waals surface area contributed by atoms with Crippen molar-refractivity contribution in [2.24, 2.45) is 18.5 Å². The minimum Gasteiger partial charge on any atom is -0.368 e. The predicted octanol–water partition coefficient (Wildman–Crippen LogP) is 0.538. The van der Waals surface area contributed by atoms with Gasteiger partial charge in [0.05, 0.1) is 18.3 Å². The van der Waals surface area contributed by atoms with Crippen LogP contribution >= 0.6 is 0 Å². The van der Waals surface area contributed by atoms with E-state index in [1.54, 1.807) is 4.68 Å². The van der Waals surface area contributed by atoms with Crippen molar-refractivity contribution in [3.63, 3.8) is 0 Å². The average Bonchev–Trinajstić information content (AvgIpc) is 2.85. The molecule has 0 aliphatic carbocycles. The van der Waals surface area contributed by atoms with Crippen LogP contribution in [-0.4, -0.2) is 39.2 Å². The van der Waals surface area contributed by atoms with Crippen molar-refractivity contribution in [3.05, 3.63) is 18.0 Å². The Balaban J connectivity index is 2.31. The van der Waals surface area contributed by atoms with E-state index in [1.165, 1.54) is 0 Å². The van der Waals surface area contributed by atoms with Crippen molar-refractivity contribution < 1.29 is 4.79 Å². The molecule has 6 heteroatoms. The highest BCUT2D eigenvalue weighted by Crippen LogP contribution is 2.31. The van der Waals surface area contributed by atoms with Crippen LogP contribution in [0.2, 0.25) is 0 Å². The topological polar surface area (TPSA) is 90.2 Å². The number of hydrogen-bond acceptors (Lipinski definition) is 4. The van der Waals surface area contributed by atoms with Gasteiger partial charge in [0.15, 0.2) is 0 Å². The maximum absolute atomic E-state index is 11.7. The van der Waals surface area contributed by atoms with Gasteiger partial charge in [-0.05, 0) is 25.8 Å². The second kappa shape index (κ2) is 6.37. The first-order chi connectivity index (χ1) is 9.54. The van der Waals surface area contributed by atoms with Crippen LogP contribution in [0.15, 0.2) is 12.4 Å². The van der Waals surface area contributed by atoms with E-state index >= 15 is 0 Å². The quantitative estimate of drug-likeness (QED) is 0.823. The molecule has 0 radical (unpaired) electrons. The van der Waals surface area contributed by atoms with Gasteiger partial charge in [0, 0.05) is 24.8 Å². The molecule has 1 saturated heterocycles. The van der Waals surface area contributed by atoms with E-state index in [0.29, 0.717) is 0 Å². The van der Waals surface area contributed by atoms with Gasteiger partial charge in [0.2, 0.25) is 5.91 Å². The van der Waals surface area contributed by atoms with Crippen molar-refractivity contribution in [3.8, 4) is 0 Å². The molecule has 1 aliphatic heterocycles. The van der Waals surface area contributed by atoms with Crippen LogP contribution in [0.1, 0.15) is 44.2 Å². The molecule has 0 saturated carbocycles. The third-order valence-corrected chi connectivity index (χ3v) is 4.17. The number of aromatic nitrogens is 2. The number of piperidine rings is 1. The SMILES string of the molecule is CCC(N)C(c1cnn(C)c1)N1CCCCC1C(N)=O. The number of hydrogen-bond donors (Lipinski definition) is 2. The molecular weight excluding hydrogens is 254 g/mol. The van der Waals surface area contributed by atoms with E-state index in [-0.39, 0.29) is 24.0 Å². The average molecular weight is 279 g/mol. The number of rotatable bonds is 5. The highest BCUT2D eigenvalue weighted by atomic mass is 16.1. The molecular formula is C14H25N5O. The summed E-state index contributed by atoms with van der Waals surface area (Å²) in [5.74, 6) is -0.248. The summed E-state index contributed by atoms with van der Waals surface area (Å²) in [7, 11) is 1.89. The summed E-state index contributed by atoms with van der Waals surface area (Å²) in [5.41, 5.74) is 13.0. The lowest BCUT2D eigenvalue weighted by Gasteiger charge is -2.41. The van der Waals surface area contributed by atoms with E-state index in [1.807, 2.05) is 19.4 Å². The largest absolute Gasteiger partial charge is 0.368 e. The third kappa shape index (κ3) is 3.02. The van der Waals surface area contributed by atoms with Gasteiger partial charge in [-0.1, -0.05) is 13.3 Å². The normalized spacial score (nSPS) is 23.4. The Morgan fingerprint density at radius 1 is 1.55 bits per heavy atom. The number of nitrogens with two attached hydrogens (primary N) is 2. The Morgan fingerprint density at radius 3 is 2.85 bits per heavy atom. The lowest BCUT2D eigenvalue weighted by molar-refractivity contribution is -0.125. The van der Waals surface area contributed by atoms with Gasteiger partial charge in [0.25, 0.3) is 0 Å². The predicted molar refractivity (Wildman–Crippen MR) is 77.8 cm³/mol. The number of primary amides is 1. The molecule has 3 atom stereocenters. The van der Waals surface area contributed by atoms with Crippen molar-refractivity contribution in [1.82, 2.24) is 14.7 Å². The number of carbonyl (C=O) groups is 1. The molecule has 1 aromatic heterocycles. The third-order valence-electron chi connectivity index (χ3n) is 4.17. The Morgan fingerprint density at radius 2 is 2.30 bits per heavy atom. The van der Waals surface area contributed by atoms with Crippen LogP contribution in [0.4, 0.5) is 0 Å². The first-order valence-electron chi connectivity index (χ1n) is 7.33. The molecule has 3 unspecified atom stereocenters. The van der Waals surface area contributed by atoms with Crippen LogP contribution in [0.25, 0.3) is 0 Å². The van der Waals surface area contributed by atoms with E-state index in [4.69, 9.17) is 11.5 Å². The van der Waals surface area contributed by atoms with E-state index in [9.17, 15) is 4.79 Å². The van der Waals surface area contributed by atoms with Crippen molar-refractivity contribution >= 4 is 5.91 Å². The van der Waals surface area contributed by atoms with Crippen LogP contribution < -0.4 is 11.5 Å². The van der Waals surface area contributed by atoms with Crippen molar-refractivity contribution in [1.29, 1.82) is 0 Å². The molecule has 1 aliphatic rings. The maximum atomic E-state index is 11.7. The molecule has 2 rings (SSSR count). The Kier molecular flexibility index (Phi) is 4.77. The van der Waals surface area contributed by atoms with Crippen LogP contribution in [0, 0.1) is 0 Å². The van der Waals surface area contributed by atoms with Gasteiger partial charge in [-0.3, -0.25) is 14.4 Å². The van der Waals surface area contributed by atoms with Crippen molar-refractivity contribution in [2.75, 3.05) is 6.54 Å². The molecule has 6 nitrogen and oxygen atoms in total. The molecule has 0 aromatic carbocycles. The lowest BCUT2D eigenvalue weighted by atomic mass is 9.92. The fraction of sp³-hybridized carbons (Fsp3) is 0.714. The standard InChI is InChI=1S/C14H25N5O/c1-3-11(15)13(10-8-17-18(2)9-10)19-7-5-4-6-12(19)14(16)20/h8-9,11-13H,3-7,15H2,1-2H3,(H2,16,20). The Labute approximate surface area is 120 Å². The number of aryl methyl sites for hydroxylation is 1. The summed E-state index contributed by atoms with van der Waals surface area (Å²) < 4.78 is 1.77. The first-order valence-corrected chi connectivity index (χ1v) is 7.33. The minimum atomic E-state index is -0.248. The zero-order valence-corrected chi connectivity index (χ0v) is 12.3. The fourth-order valence-electron chi connectivity index (χ4n) is 3.09. The highest BCUT2D eigenvalue weighted by Gasteiger charge is 2.36. The number of likely N-dealkylation sites (tertiary alicyclic amines) is 1. The zero-order chi connectivity index (χ0) is 14.7. The number of carbonyl (C=O) groups excluding carboxylic acids is 1. The molecule has 1 aromatic rings. The molecule has 4 N–H and O–H groups in total. The summed E-state index contributed by atoms with van der Waals surface area (Å²) in [6.45, 7) is 2.93. The fourth-order valence-corrected chi connectivity index (χ4v) is 3.09. The molecule has 20 heavy (non-hydrogen) atoms. The monoisotopic (exact) mass is 279 g/mol. The second-order valence-electron chi connectivity index (χ2n) is 5.62. The summed E-state index contributed by atoms with van der Waals surface area (Å²) in [5, 5.41) is 4.24. The molecule has 1 amide bonds. The summed E-state index contributed by atoms with van der Waals surface area (Å²) >= 11 is 0. The Hall–Kier alpha value is -1.40. The minimum absolute atomic E-state index is 0.00602. The van der Waals surface area contributed by atoms with E-state index in [2.05, 4.69) is 16.9 Å². The van der Waals surface area contributed by atoms with Gasteiger partial charge in [-0.25, -0.2) is 0 Å². The highest BCUT2D eigenvalue weighted by molar-refractivity contribution is 5.80. The summed E-state index contributed by atoms with van der Waals surface area (Å²) in [4.78, 5) is 13.9.